The zero-order chi connectivity index (χ0) is 27.4. The highest BCUT2D eigenvalue weighted by atomic mass is 35.5. The third kappa shape index (κ3) is 5.79. The number of ketones is 1. The number of nitrogens with zero attached hydrogens (tertiary/aromatic N) is 2. The van der Waals surface area contributed by atoms with Crippen LogP contribution in [0.15, 0.2) is 73.1 Å². The molecule has 0 unspecified atom stereocenters. The average Bonchev–Trinajstić information content (AvgIpc) is 2.89. The lowest BCUT2D eigenvalue weighted by molar-refractivity contribution is -0.137. The second-order valence-electron chi connectivity index (χ2n) is 7.91. The number of hydrogen-bond donors (Lipinski definition) is 4. The van der Waals surface area contributed by atoms with E-state index in [0.717, 1.165) is 18.3 Å². The number of urea groups is 1. The molecule has 1 aromatic heterocycles. The molecule has 0 bridgehead atoms. The van der Waals surface area contributed by atoms with Crippen LogP contribution in [-0.2, 0) is 6.18 Å². The number of benzene rings is 3. The van der Waals surface area contributed by atoms with E-state index in [4.69, 9.17) is 22.7 Å². The molecule has 0 saturated carbocycles. The lowest BCUT2D eigenvalue weighted by Crippen LogP contribution is -2.20. The number of nitrogens with one attached hydrogen (secondary N) is 3. The van der Waals surface area contributed by atoms with Crippen LogP contribution >= 0.6 is 11.6 Å². The van der Waals surface area contributed by atoms with Crippen LogP contribution < -0.4 is 16.4 Å². The smallest absolute Gasteiger partial charge is 0.404 e. The Morgan fingerprint density at radius 2 is 1.66 bits per heavy atom. The fourth-order valence-electron chi connectivity index (χ4n) is 3.52. The third-order valence-corrected chi connectivity index (χ3v) is 5.68. The van der Waals surface area contributed by atoms with E-state index in [2.05, 4.69) is 20.6 Å². The quantitative estimate of drug-likeness (QED) is 0.173. The number of allylic oxidation sites excluding steroid dienone is 1. The number of alkyl halides is 3. The molecule has 192 valence electrons. The number of hydrogen-bond acceptors (Lipinski definition) is 6. The first-order valence-corrected chi connectivity index (χ1v) is 11.3. The Hall–Kier alpha value is -4.77. The molecule has 0 atom stereocenters. The highest BCUT2D eigenvalue weighted by Gasteiger charge is 2.33. The molecular formula is C26H18ClF3N6O2. The van der Waals surface area contributed by atoms with Gasteiger partial charge in [0, 0.05) is 40.5 Å². The number of rotatable bonds is 6. The van der Waals surface area contributed by atoms with Crippen molar-refractivity contribution in [1.82, 2.24) is 9.97 Å². The second kappa shape index (κ2) is 10.7. The van der Waals surface area contributed by atoms with E-state index in [9.17, 15) is 22.8 Å². The van der Waals surface area contributed by atoms with Crippen molar-refractivity contribution in [3.05, 3.63) is 100 Å². The first-order valence-electron chi connectivity index (χ1n) is 10.9. The predicted octanol–water partition coefficient (Wildman–Crippen LogP) is 6.13. The van der Waals surface area contributed by atoms with Crippen LogP contribution in [0.25, 0.3) is 16.6 Å². The third-order valence-electron chi connectivity index (χ3n) is 5.35. The lowest BCUT2D eigenvalue weighted by atomic mass is 10.0. The van der Waals surface area contributed by atoms with Gasteiger partial charge in [-0.15, -0.1) is 0 Å². The van der Waals surface area contributed by atoms with Crippen molar-refractivity contribution in [3.8, 4) is 0 Å². The van der Waals surface area contributed by atoms with E-state index in [0.29, 0.717) is 27.9 Å². The molecule has 0 aliphatic heterocycles. The molecule has 0 spiro atoms. The predicted molar refractivity (Wildman–Crippen MR) is 139 cm³/mol. The average molecular weight is 539 g/mol. The van der Waals surface area contributed by atoms with Crippen molar-refractivity contribution < 1.29 is 22.8 Å². The maximum atomic E-state index is 13.2. The Morgan fingerprint density at radius 3 is 2.34 bits per heavy atom. The minimum absolute atomic E-state index is 0.112. The van der Waals surface area contributed by atoms with Gasteiger partial charge in [-0.05, 0) is 48.5 Å². The number of aromatic nitrogens is 2. The summed E-state index contributed by atoms with van der Waals surface area (Å²) in [4.78, 5) is 34.2. The molecular weight excluding hydrogens is 521 g/mol. The molecule has 0 saturated heterocycles. The number of fused-ring (bicyclic) bond motifs is 1. The number of carbonyl (C=O) groups excluding carboxylic acids is 2. The van der Waals surface area contributed by atoms with Crippen molar-refractivity contribution in [1.29, 1.82) is 5.41 Å². The van der Waals surface area contributed by atoms with E-state index in [1.807, 2.05) is 0 Å². The van der Waals surface area contributed by atoms with Gasteiger partial charge >= 0.3 is 12.2 Å². The molecule has 0 fully saturated rings. The molecule has 38 heavy (non-hydrogen) atoms. The summed E-state index contributed by atoms with van der Waals surface area (Å²) in [6, 6.07) is 13.0. The van der Waals surface area contributed by atoms with Gasteiger partial charge in [-0.2, -0.15) is 13.2 Å². The summed E-state index contributed by atoms with van der Waals surface area (Å²) >= 11 is 5.61. The van der Waals surface area contributed by atoms with Crippen molar-refractivity contribution in [2.24, 2.45) is 5.73 Å². The molecule has 0 aliphatic carbocycles. The molecule has 4 rings (SSSR count). The van der Waals surface area contributed by atoms with Crippen LogP contribution in [-0.4, -0.2) is 28.0 Å². The van der Waals surface area contributed by atoms with Gasteiger partial charge in [0.05, 0.1) is 33.5 Å². The van der Waals surface area contributed by atoms with Gasteiger partial charge in [0.15, 0.2) is 5.78 Å². The summed E-state index contributed by atoms with van der Waals surface area (Å²) in [6.45, 7) is 0. The Labute approximate surface area is 218 Å². The number of carbonyl (C=O) groups is 2. The standard InChI is InChI=1S/C26H18ClF3N6O2/c27-20-6-5-18(10-19(20)26(28,29)30)35-25(38)34-17-3-1-2-14(8-17)24(37)15-4-7-21-22(9-15)36-23(13-33-21)16(11-31)12-32/h1-13,31H,32H2,(H2,34,35,38). The highest BCUT2D eigenvalue weighted by molar-refractivity contribution is 6.31. The number of halogens is 4. The van der Waals surface area contributed by atoms with E-state index in [1.165, 1.54) is 30.6 Å². The van der Waals surface area contributed by atoms with Gasteiger partial charge < -0.3 is 21.8 Å². The van der Waals surface area contributed by atoms with E-state index in [1.54, 1.807) is 30.3 Å². The lowest BCUT2D eigenvalue weighted by Gasteiger charge is -2.12. The molecule has 2 amide bonds. The summed E-state index contributed by atoms with van der Waals surface area (Å²) in [7, 11) is 0. The molecule has 0 aliphatic rings. The van der Waals surface area contributed by atoms with Gasteiger partial charge in [-0.3, -0.25) is 9.78 Å². The molecule has 4 aromatic rings. The van der Waals surface area contributed by atoms with Gasteiger partial charge in [-0.25, -0.2) is 9.78 Å². The minimum atomic E-state index is -4.68. The van der Waals surface area contributed by atoms with Crippen LogP contribution in [0.4, 0.5) is 29.3 Å². The first kappa shape index (κ1) is 26.3. The zero-order valence-electron chi connectivity index (χ0n) is 19.3. The molecule has 0 radical (unpaired) electrons. The highest BCUT2D eigenvalue weighted by Crippen LogP contribution is 2.36. The largest absolute Gasteiger partial charge is 0.417 e. The summed E-state index contributed by atoms with van der Waals surface area (Å²) in [5.41, 5.74) is 6.81. The molecule has 12 heteroatoms. The summed E-state index contributed by atoms with van der Waals surface area (Å²) in [5, 5.41) is 11.7. The minimum Gasteiger partial charge on any atom is -0.404 e. The van der Waals surface area contributed by atoms with E-state index in [-0.39, 0.29) is 22.7 Å². The van der Waals surface area contributed by atoms with Crippen LogP contribution in [0.1, 0.15) is 27.2 Å². The fourth-order valence-corrected chi connectivity index (χ4v) is 3.74. The van der Waals surface area contributed by atoms with Gasteiger partial charge in [0.25, 0.3) is 0 Å². The summed E-state index contributed by atoms with van der Waals surface area (Å²) in [6.07, 6.45) is -0.933. The molecule has 1 heterocycles. The normalized spacial score (nSPS) is 11.7. The Morgan fingerprint density at radius 1 is 0.947 bits per heavy atom. The van der Waals surface area contributed by atoms with Gasteiger partial charge in [0.1, 0.15) is 0 Å². The molecule has 3 aromatic carbocycles. The van der Waals surface area contributed by atoms with Crippen molar-refractivity contribution in [3.63, 3.8) is 0 Å². The fraction of sp³-hybridized carbons (Fsp3) is 0.0385. The zero-order valence-corrected chi connectivity index (χ0v) is 20.1. The van der Waals surface area contributed by atoms with Crippen molar-refractivity contribution in [2.45, 2.75) is 6.18 Å². The van der Waals surface area contributed by atoms with Crippen molar-refractivity contribution >= 4 is 57.6 Å². The summed E-state index contributed by atoms with van der Waals surface area (Å²) in [5.74, 6) is -0.364. The number of nitrogens with two attached hydrogens (primary N) is 1. The SMILES string of the molecule is N=CC(=CN)c1cnc2ccc(C(=O)c3cccc(NC(=O)Nc4ccc(Cl)c(C(F)(F)F)c4)c3)cc2n1. The van der Waals surface area contributed by atoms with Crippen LogP contribution in [0.2, 0.25) is 5.02 Å². The Bertz CT molecular complexity index is 1600. The number of anilines is 2. The maximum Gasteiger partial charge on any atom is 0.417 e. The van der Waals surface area contributed by atoms with Gasteiger partial charge in [0.2, 0.25) is 0 Å². The van der Waals surface area contributed by atoms with Crippen LogP contribution in [0, 0.1) is 5.41 Å². The second-order valence-corrected chi connectivity index (χ2v) is 8.31. The van der Waals surface area contributed by atoms with Crippen LogP contribution in [0.3, 0.4) is 0 Å². The van der Waals surface area contributed by atoms with Crippen LogP contribution in [0.5, 0.6) is 0 Å². The first-order chi connectivity index (χ1) is 18.1. The maximum absolute atomic E-state index is 13.2. The van der Waals surface area contributed by atoms with E-state index >= 15 is 0 Å². The molecule has 5 N–H and O–H groups in total. The Kier molecular flexibility index (Phi) is 7.40. The molecule has 8 nitrogen and oxygen atoms in total. The van der Waals surface area contributed by atoms with Crippen molar-refractivity contribution in [2.75, 3.05) is 10.6 Å². The topological polar surface area (TPSA) is 134 Å². The van der Waals surface area contributed by atoms with E-state index < -0.39 is 22.8 Å². The summed E-state index contributed by atoms with van der Waals surface area (Å²) < 4.78 is 39.2. The Balaban J connectivity index is 1.53. The monoisotopic (exact) mass is 538 g/mol. The number of amides is 2. The van der Waals surface area contributed by atoms with Gasteiger partial charge in [-0.1, -0.05) is 23.7 Å².